The molecule has 5 heteroatoms. The van der Waals surface area contributed by atoms with Gasteiger partial charge < -0.3 is 10.6 Å². The number of rotatable bonds is 4. The van der Waals surface area contributed by atoms with Crippen molar-refractivity contribution in [1.29, 1.82) is 0 Å². The summed E-state index contributed by atoms with van der Waals surface area (Å²) in [6.45, 7) is 1.98. The first-order valence-electron chi connectivity index (χ1n) is 6.11. The standard InChI is InChI=1S/C15H15IN2O2/c1-10-5-4-6-11(9-10)14(17)18-20-15(19)12-7-2-3-8-13(12)16/h2-9,14,18H,17H2,1H3. The lowest BCUT2D eigenvalue weighted by Gasteiger charge is -2.14. The third-order valence-corrected chi connectivity index (χ3v) is 3.71. The number of hydrogen-bond donors (Lipinski definition) is 2. The molecule has 0 saturated carbocycles. The van der Waals surface area contributed by atoms with Crippen LogP contribution < -0.4 is 11.2 Å². The molecule has 0 amide bonds. The number of aryl methyl sites for hydroxylation is 1. The van der Waals surface area contributed by atoms with Crippen molar-refractivity contribution in [3.63, 3.8) is 0 Å². The minimum atomic E-state index is -0.555. The van der Waals surface area contributed by atoms with Gasteiger partial charge >= 0.3 is 5.97 Å². The Hall–Kier alpha value is -1.44. The average molecular weight is 382 g/mol. The van der Waals surface area contributed by atoms with E-state index in [4.69, 9.17) is 10.6 Å². The molecule has 2 rings (SSSR count). The van der Waals surface area contributed by atoms with Gasteiger partial charge in [0.05, 0.1) is 5.56 Å². The van der Waals surface area contributed by atoms with Crippen LogP contribution in [0, 0.1) is 10.5 Å². The van der Waals surface area contributed by atoms with Crippen molar-refractivity contribution in [1.82, 2.24) is 5.48 Å². The van der Waals surface area contributed by atoms with Crippen LogP contribution in [-0.4, -0.2) is 5.97 Å². The number of nitrogens with two attached hydrogens (primary N) is 1. The molecule has 0 bridgehead atoms. The van der Waals surface area contributed by atoms with E-state index in [1.54, 1.807) is 12.1 Å². The summed E-state index contributed by atoms with van der Waals surface area (Å²) in [4.78, 5) is 17.0. The summed E-state index contributed by atoms with van der Waals surface area (Å²) in [5.41, 5.74) is 11.0. The third-order valence-electron chi connectivity index (χ3n) is 2.77. The molecule has 2 aromatic carbocycles. The summed E-state index contributed by atoms with van der Waals surface area (Å²) in [5, 5.41) is 0. The summed E-state index contributed by atoms with van der Waals surface area (Å²) in [5.74, 6) is -0.446. The Kier molecular flexibility index (Phi) is 5.11. The van der Waals surface area contributed by atoms with Crippen molar-refractivity contribution in [2.24, 2.45) is 5.73 Å². The van der Waals surface area contributed by atoms with Gasteiger partial charge in [-0.3, -0.25) is 0 Å². The maximum absolute atomic E-state index is 11.9. The predicted molar refractivity (Wildman–Crippen MR) is 85.8 cm³/mol. The van der Waals surface area contributed by atoms with E-state index < -0.39 is 12.1 Å². The van der Waals surface area contributed by atoms with Crippen molar-refractivity contribution < 1.29 is 9.63 Å². The SMILES string of the molecule is Cc1cccc(C(N)NOC(=O)c2ccccc2I)c1. The molecule has 0 fully saturated rings. The molecule has 0 heterocycles. The molecule has 104 valence electrons. The highest BCUT2D eigenvalue weighted by Gasteiger charge is 2.13. The lowest BCUT2D eigenvalue weighted by molar-refractivity contribution is 0.0156. The molecule has 0 aliphatic rings. The van der Waals surface area contributed by atoms with Gasteiger partial charge in [0.25, 0.3) is 0 Å². The zero-order valence-electron chi connectivity index (χ0n) is 11.0. The van der Waals surface area contributed by atoms with Gasteiger partial charge in [-0.1, -0.05) is 42.0 Å². The summed E-state index contributed by atoms with van der Waals surface area (Å²) in [7, 11) is 0. The number of benzene rings is 2. The van der Waals surface area contributed by atoms with Crippen molar-refractivity contribution in [2.75, 3.05) is 0 Å². The van der Waals surface area contributed by atoms with Crippen LogP contribution in [0.1, 0.15) is 27.7 Å². The number of carbonyl (C=O) groups excluding carboxylic acids is 1. The highest BCUT2D eigenvalue weighted by atomic mass is 127. The fourth-order valence-corrected chi connectivity index (χ4v) is 2.34. The molecule has 0 aliphatic heterocycles. The van der Waals surface area contributed by atoms with Gasteiger partial charge in [-0.05, 0) is 47.2 Å². The molecular weight excluding hydrogens is 367 g/mol. The lowest BCUT2D eigenvalue weighted by Crippen LogP contribution is -2.31. The zero-order chi connectivity index (χ0) is 14.5. The van der Waals surface area contributed by atoms with Crippen LogP contribution in [0.5, 0.6) is 0 Å². The Bertz CT molecular complexity index is 616. The van der Waals surface area contributed by atoms with Crippen LogP contribution in [0.3, 0.4) is 0 Å². The van der Waals surface area contributed by atoms with E-state index >= 15 is 0 Å². The Morgan fingerprint density at radius 3 is 2.70 bits per heavy atom. The van der Waals surface area contributed by atoms with E-state index in [9.17, 15) is 4.79 Å². The van der Waals surface area contributed by atoms with E-state index in [2.05, 4.69) is 28.1 Å². The van der Waals surface area contributed by atoms with Crippen LogP contribution in [-0.2, 0) is 4.84 Å². The maximum Gasteiger partial charge on any atom is 0.357 e. The second kappa shape index (κ2) is 6.83. The summed E-state index contributed by atoms with van der Waals surface area (Å²) >= 11 is 2.09. The van der Waals surface area contributed by atoms with Crippen LogP contribution >= 0.6 is 22.6 Å². The molecule has 1 atom stereocenters. The topological polar surface area (TPSA) is 64.3 Å². The Morgan fingerprint density at radius 2 is 2.00 bits per heavy atom. The minimum Gasteiger partial charge on any atom is -0.365 e. The van der Waals surface area contributed by atoms with Crippen LogP contribution in [0.15, 0.2) is 48.5 Å². The second-order valence-corrected chi connectivity index (χ2v) is 5.54. The van der Waals surface area contributed by atoms with E-state index in [0.29, 0.717) is 5.56 Å². The maximum atomic E-state index is 11.9. The van der Waals surface area contributed by atoms with E-state index in [0.717, 1.165) is 14.7 Å². The first-order chi connectivity index (χ1) is 9.58. The largest absolute Gasteiger partial charge is 0.365 e. The third kappa shape index (κ3) is 3.78. The first kappa shape index (κ1) is 15.0. The molecule has 0 aromatic heterocycles. The fourth-order valence-electron chi connectivity index (χ4n) is 1.73. The van der Waals surface area contributed by atoms with Crippen molar-refractivity contribution >= 4 is 28.6 Å². The van der Waals surface area contributed by atoms with Crippen LogP contribution in [0.4, 0.5) is 0 Å². The van der Waals surface area contributed by atoms with Crippen molar-refractivity contribution in [3.05, 3.63) is 68.8 Å². The highest BCUT2D eigenvalue weighted by molar-refractivity contribution is 14.1. The summed E-state index contributed by atoms with van der Waals surface area (Å²) in [6.07, 6.45) is -0.555. The minimum absolute atomic E-state index is 0.446. The molecule has 2 aromatic rings. The van der Waals surface area contributed by atoms with Crippen molar-refractivity contribution in [3.8, 4) is 0 Å². The van der Waals surface area contributed by atoms with Crippen molar-refractivity contribution in [2.45, 2.75) is 13.1 Å². The molecule has 0 saturated heterocycles. The van der Waals surface area contributed by atoms with Crippen LogP contribution in [0.25, 0.3) is 0 Å². The molecule has 20 heavy (non-hydrogen) atoms. The molecular formula is C15H15IN2O2. The first-order valence-corrected chi connectivity index (χ1v) is 7.19. The van der Waals surface area contributed by atoms with Crippen LogP contribution in [0.2, 0.25) is 0 Å². The number of hydrogen-bond acceptors (Lipinski definition) is 4. The average Bonchev–Trinajstić information content (AvgIpc) is 2.45. The number of carbonyl (C=O) groups is 1. The Balaban J connectivity index is 1.99. The number of nitrogens with one attached hydrogen (secondary N) is 1. The molecule has 0 radical (unpaired) electrons. The second-order valence-electron chi connectivity index (χ2n) is 4.38. The molecule has 0 aliphatic carbocycles. The van der Waals surface area contributed by atoms with E-state index in [1.165, 1.54) is 0 Å². The monoisotopic (exact) mass is 382 g/mol. The van der Waals surface area contributed by atoms with E-state index in [-0.39, 0.29) is 0 Å². The van der Waals surface area contributed by atoms with Gasteiger partial charge in [0.2, 0.25) is 0 Å². The lowest BCUT2D eigenvalue weighted by atomic mass is 10.1. The van der Waals surface area contributed by atoms with E-state index in [1.807, 2.05) is 43.3 Å². The van der Waals surface area contributed by atoms with Gasteiger partial charge in [-0.25, -0.2) is 4.79 Å². The number of hydroxylamine groups is 1. The van der Waals surface area contributed by atoms with Gasteiger partial charge in [0.1, 0.15) is 6.17 Å². The molecule has 3 N–H and O–H groups in total. The normalized spacial score (nSPS) is 11.9. The molecule has 0 spiro atoms. The Morgan fingerprint density at radius 1 is 1.25 bits per heavy atom. The van der Waals surface area contributed by atoms with Gasteiger partial charge in [-0.2, -0.15) is 0 Å². The van der Waals surface area contributed by atoms with Gasteiger partial charge in [-0.15, -0.1) is 5.48 Å². The fraction of sp³-hybridized carbons (Fsp3) is 0.133. The summed E-state index contributed by atoms with van der Waals surface area (Å²) < 4.78 is 0.834. The predicted octanol–water partition coefficient (Wildman–Crippen LogP) is 2.92. The molecule has 4 nitrogen and oxygen atoms in total. The smallest absolute Gasteiger partial charge is 0.357 e. The van der Waals surface area contributed by atoms with Gasteiger partial charge in [0, 0.05) is 3.57 Å². The quantitative estimate of drug-likeness (QED) is 0.485. The zero-order valence-corrected chi connectivity index (χ0v) is 13.1. The highest BCUT2D eigenvalue weighted by Crippen LogP contribution is 2.13. The Labute approximate surface area is 131 Å². The number of halogens is 1. The summed E-state index contributed by atoms with van der Waals surface area (Å²) in [6, 6.07) is 14.9. The molecule has 1 unspecified atom stereocenters. The van der Waals surface area contributed by atoms with Gasteiger partial charge in [0.15, 0.2) is 0 Å².